The van der Waals surface area contributed by atoms with E-state index in [0.29, 0.717) is 17.7 Å². The van der Waals surface area contributed by atoms with Crippen LogP contribution in [-0.4, -0.2) is 80.2 Å². The molecule has 0 radical (unpaired) electrons. The Bertz CT molecular complexity index is 1240. The molecule has 1 N–H and O–H groups in total. The molecule has 1 fully saturated rings. The van der Waals surface area contributed by atoms with Crippen LogP contribution in [0.15, 0.2) is 30.3 Å². The van der Waals surface area contributed by atoms with Crippen molar-refractivity contribution in [3.8, 4) is 5.75 Å². The number of benzene rings is 2. The number of aliphatic carboxylic acids is 1. The summed E-state index contributed by atoms with van der Waals surface area (Å²) in [6, 6.07) is 6.43. The molecular weight excluding hydrogens is 514 g/mol. The largest absolute Gasteiger partial charge is 0.497 e. The highest BCUT2D eigenvalue weighted by Crippen LogP contribution is 2.35. The molecule has 0 unspecified atom stereocenters. The van der Waals surface area contributed by atoms with Gasteiger partial charge in [-0.1, -0.05) is 25.7 Å². The fourth-order valence-corrected chi connectivity index (χ4v) is 6.67. The number of rotatable bonds is 8. The highest BCUT2D eigenvalue weighted by Gasteiger charge is 2.41. The fourth-order valence-electron chi connectivity index (χ4n) is 5.10. The highest BCUT2D eigenvalue weighted by molar-refractivity contribution is 6.88. The molecular formula is C27H32F2N2O6Si. The molecule has 38 heavy (non-hydrogen) atoms. The summed E-state index contributed by atoms with van der Waals surface area (Å²) >= 11 is 0. The Balaban J connectivity index is 1.59. The summed E-state index contributed by atoms with van der Waals surface area (Å²) in [5, 5.41) is 8.89. The number of halogens is 2. The average molecular weight is 547 g/mol. The minimum absolute atomic E-state index is 0.0954. The normalized spacial score (nSPS) is 17.6. The van der Waals surface area contributed by atoms with Crippen molar-refractivity contribution in [3.05, 3.63) is 58.7 Å². The van der Waals surface area contributed by atoms with Crippen molar-refractivity contribution in [1.82, 2.24) is 9.80 Å². The molecule has 0 spiro atoms. The summed E-state index contributed by atoms with van der Waals surface area (Å²) < 4.78 is 40.3. The van der Waals surface area contributed by atoms with Gasteiger partial charge in [0, 0.05) is 18.2 Å². The van der Waals surface area contributed by atoms with Gasteiger partial charge in [0.2, 0.25) is 0 Å². The van der Waals surface area contributed by atoms with Gasteiger partial charge in [-0.05, 0) is 47.4 Å². The quantitative estimate of drug-likeness (QED) is 0.511. The van der Waals surface area contributed by atoms with Gasteiger partial charge in [-0.3, -0.25) is 4.79 Å². The van der Waals surface area contributed by atoms with E-state index in [-0.39, 0.29) is 54.7 Å². The molecule has 2 amide bonds. The fraction of sp³-hybridized carbons (Fsp3) is 0.444. The number of nitrogens with zero attached hydrogens (tertiary/aromatic N) is 2. The number of carbonyl (C=O) groups is 3. The number of likely N-dealkylation sites (tertiary alicyclic amines) is 1. The number of fused-ring (bicyclic) bond motifs is 1. The molecule has 0 bridgehead atoms. The van der Waals surface area contributed by atoms with E-state index in [1.165, 1.54) is 21.9 Å². The van der Waals surface area contributed by atoms with Gasteiger partial charge in [-0.2, -0.15) is 0 Å². The second-order valence-electron chi connectivity index (χ2n) is 10.8. The van der Waals surface area contributed by atoms with E-state index in [1.54, 1.807) is 19.2 Å². The summed E-state index contributed by atoms with van der Waals surface area (Å²) in [6.45, 7) is 5.80. The Hall–Kier alpha value is -3.31. The summed E-state index contributed by atoms with van der Waals surface area (Å²) in [4.78, 5) is 40.8. The number of amides is 2. The number of Topliss-reactive ketones (excluding diaryl/α,β-unsaturated/α-hetero) is 1. The first-order valence-corrected chi connectivity index (χ1v) is 16.0. The molecule has 2 aliphatic rings. The Morgan fingerprint density at radius 2 is 1.74 bits per heavy atom. The van der Waals surface area contributed by atoms with Gasteiger partial charge in [0.1, 0.15) is 30.0 Å². The SMILES string of the molecule is COc1ccc2c(c1)CCN(C(=O)N1CC(OCC(=O)O)C1)[C@H]2C(=O)Cc1cc(F)c([Si](C)(C)C)c(F)c1. The smallest absolute Gasteiger partial charge is 0.329 e. The number of ether oxygens (including phenoxy) is 2. The zero-order chi connectivity index (χ0) is 27.8. The predicted octanol–water partition coefficient (Wildman–Crippen LogP) is 3.14. The summed E-state index contributed by atoms with van der Waals surface area (Å²) in [6.07, 6.45) is -0.131. The Morgan fingerprint density at radius 3 is 2.32 bits per heavy atom. The van der Waals surface area contributed by atoms with Crippen molar-refractivity contribution in [2.75, 3.05) is 33.4 Å². The summed E-state index contributed by atoms with van der Waals surface area (Å²) in [7, 11) is -0.732. The second kappa shape index (κ2) is 10.8. The molecule has 0 aliphatic carbocycles. The first kappa shape index (κ1) is 27.7. The zero-order valence-electron chi connectivity index (χ0n) is 21.9. The summed E-state index contributed by atoms with van der Waals surface area (Å²) in [5.41, 5.74) is 1.73. The van der Waals surface area contributed by atoms with E-state index < -0.39 is 38.3 Å². The first-order valence-electron chi connectivity index (χ1n) is 12.5. The predicted molar refractivity (Wildman–Crippen MR) is 139 cm³/mol. The van der Waals surface area contributed by atoms with Crippen molar-refractivity contribution in [3.63, 3.8) is 0 Å². The second-order valence-corrected chi connectivity index (χ2v) is 15.8. The average Bonchev–Trinajstić information content (AvgIpc) is 2.80. The number of carbonyl (C=O) groups excluding carboxylic acids is 2. The highest BCUT2D eigenvalue weighted by atomic mass is 28.3. The lowest BCUT2D eigenvalue weighted by atomic mass is 9.88. The van der Waals surface area contributed by atoms with Crippen LogP contribution in [0.5, 0.6) is 5.75 Å². The van der Waals surface area contributed by atoms with Gasteiger partial charge < -0.3 is 24.4 Å². The van der Waals surface area contributed by atoms with Crippen molar-refractivity contribution < 1.29 is 37.7 Å². The number of carboxylic acids is 1. The van der Waals surface area contributed by atoms with Crippen LogP contribution >= 0.6 is 0 Å². The molecule has 2 aromatic carbocycles. The van der Waals surface area contributed by atoms with Crippen LogP contribution in [0.2, 0.25) is 19.6 Å². The maximum Gasteiger partial charge on any atom is 0.329 e. The molecule has 1 atom stereocenters. The standard InChI is InChI=1S/C27H32F2N2O6Si/c1-36-18-5-6-20-17(12-18)7-8-31(27(35)30-13-19(14-30)37-15-24(33)34)25(20)23(32)11-16-9-21(28)26(22(29)10-16)38(2,3)4/h5-6,9-10,12,19,25H,7-8,11,13-15H2,1-4H3,(H,33,34)/t25-/m1/s1. The van der Waals surface area contributed by atoms with Gasteiger partial charge in [0.25, 0.3) is 0 Å². The van der Waals surface area contributed by atoms with Gasteiger partial charge >= 0.3 is 12.0 Å². The molecule has 0 aromatic heterocycles. The number of methoxy groups -OCH3 is 1. The maximum absolute atomic E-state index is 14.9. The monoisotopic (exact) mass is 546 g/mol. The molecule has 0 saturated carbocycles. The maximum atomic E-state index is 14.9. The van der Waals surface area contributed by atoms with Crippen LogP contribution in [0, 0.1) is 11.6 Å². The third kappa shape index (κ3) is 5.73. The van der Waals surface area contributed by atoms with Gasteiger partial charge in [-0.15, -0.1) is 0 Å². The number of hydrogen-bond acceptors (Lipinski definition) is 5. The topological polar surface area (TPSA) is 96.4 Å². The van der Waals surface area contributed by atoms with E-state index in [0.717, 1.165) is 5.56 Å². The number of carboxylic acid groups (broad SMARTS) is 1. The van der Waals surface area contributed by atoms with E-state index in [2.05, 4.69) is 0 Å². The van der Waals surface area contributed by atoms with Crippen LogP contribution in [-0.2, 0) is 27.2 Å². The lowest BCUT2D eigenvalue weighted by molar-refractivity contribution is -0.147. The molecule has 11 heteroatoms. The van der Waals surface area contributed by atoms with Crippen LogP contribution in [0.25, 0.3) is 0 Å². The summed E-state index contributed by atoms with van der Waals surface area (Å²) in [5.74, 6) is -2.12. The number of urea groups is 1. The molecule has 2 aromatic rings. The lowest BCUT2D eigenvalue weighted by Crippen LogP contribution is -2.60. The van der Waals surface area contributed by atoms with Crippen molar-refractivity contribution >= 4 is 31.0 Å². The Kier molecular flexibility index (Phi) is 7.89. The third-order valence-corrected chi connectivity index (χ3v) is 8.90. The zero-order valence-corrected chi connectivity index (χ0v) is 22.9. The van der Waals surface area contributed by atoms with Gasteiger partial charge in [-0.25, -0.2) is 18.4 Å². The molecule has 1 saturated heterocycles. The van der Waals surface area contributed by atoms with E-state index >= 15 is 0 Å². The van der Waals surface area contributed by atoms with Crippen molar-refractivity contribution in [2.24, 2.45) is 0 Å². The molecule has 4 rings (SSSR count). The molecule has 8 nitrogen and oxygen atoms in total. The third-order valence-electron chi connectivity index (χ3n) is 6.92. The van der Waals surface area contributed by atoms with Crippen molar-refractivity contribution in [2.45, 2.75) is 44.6 Å². The number of ketones is 1. The van der Waals surface area contributed by atoms with E-state index in [1.807, 2.05) is 25.7 Å². The minimum atomic E-state index is -2.28. The van der Waals surface area contributed by atoms with Gasteiger partial charge in [0.05, 0.1) is 34.4 Å². The van der Waals surface area contributed by atoms with E-state index in [4.69, 9.17) is 14.6 Å². The van der Waals surface area contributed by atoms with Crippen LogP contribution < -0.4 is 9.92 Å². The molecule has 2 heterocycles. The van der Waals surface area contributed by atoms with Crippen LogP contribution in [0.4, 0.5) is 13.6 Å². The Morgan fingerprint density at radius 1 is 1.08 bits per heavy atom. The van der Waals surface area contributed by atoms with E-state index in [9.17, 15) is 23.2 Å². The molecule has 204 valence electrons. The minimum Gasteiger partial charge on any atom is -0.497 e. The van der Waals surface area contributed by atoms with Gasteiger partial charge in [0.15, 0.2) is 5.78 Å². The van der Waals surface area contributed by atoms with Crippen LogP contribution in [0.3, 0.4) is 0 Å². The van der Waals surface area contributed by atoms with Crippen molar-refractivity contribution in [1.29, 1.82) is 0 Å². The first-order chi connectivity index (χ1) is 17.9. The van der Waals surface area contributed by atoms with Crippen LogP contribution in [0.1, 0.15) is 22.7 Å². The molecule has 2 aliphatic heterocycles. The number of hydrogen-bond donors (Lipinski definition) is 1. The Labute approximate surface area is 221 Å². The lowest BCUT2D eigenvalue weighted by Gasteiger charge is -2.45.